The molecule has 2 aliphatic heterocycles. The normalized spacial score (nSPS) is 22.7. The van der Waals surface area contributed by atoms with Crippen LogP contribution in [0.15, 0.2) is 24.3 Å². The van der Waals surface area contributed by atoms with E-state index in [1.54, 1.807) is 29.2 Å². The number of fused-ring (bicyclic) bond motifs is 1. The SMILES string of the molecule is CC1(C)C(O)CCN1C(=O)CCN1C(=O)c2ccccc2C1=O. The predicted molar refractivity (Wildman–Crippen MR) is 82.8 cm³/mol. The van der Waals surface area contributed by atoms with Gasteiger partial charge >= 0.3 is 0 Å². The zero-order valence-corrected chi connectivity index (χ0v) is 13.3. The maximum absolute atomic E-state index is 12.4. The number of benzene rings is 1. The van der Waals surface area contributed by atoms with E-state index in [2.05, 4.69) is 0 Å². The molecule has 0 aromatic heterocycles. The number of hydrogen-bond acceptors (Lipinski definition) is 4. The first-order chi connectivity index (χ1) is 10.8. The van der Waals surface area contributed by atoms with Gasteiger partial charge in [-0.05, 0) is 32.4 Å². The molecule has 0 spiro atoms. The quantitative estimate of drug-likeness (QED) is 0.845. The number of likely N-dealkylation sites (tertiary alicyclic amines) is 1. The Hall–Kier alpha value is -2.21. The smallest absolute Gasteiger partial charge is 0.261 e. The van der Waals surface area contributed by atoms with Crippen molar-refractivity contribution in [3.05, 3.63) is 35.4 Å². The third-order valence-electron chi connectivity index (χ3n) is 4.87. The fourth-order valence-corrected chi connectivity index (χ4v) is 3.30. The Morgan fingerprint density at radius 3 is 2.26 bits per heavy atom. The van der Waals surface area contributed by atoms with Gasteiger partial charge in [-0.15, -0.1) is 0 Å². The van der Waals surface area contributed by atoms with Gasteiger partial charge < -0.3 is 10.0 Å². The van der Waals surface area contributed by atoms with E-state index in [0.717, 1.165) is 4.90 Å². The van der Waals surface area contributed by atoms with Crippen molar-refractivity contribution in [1.82, 2.24) is 9.80 Å². The summed E-state index contributed by atoms with van der Waals surface area (Å²) >= 11 is 0. The second kappa shape index (κ2) is 5.45. The molecule has 1 aromatic carbocycles. The zero-order valence-electron chi connectivity index (χ0n) is 13.3. The van der Waals surface area contributed by atoms with Crippen LogP contribution in [0.3, 0.4) is 0 Å². The van der Waals surface area contributed by atoms with Crippen LogP contribution in [0.2, 0.25) is 0 Å². The molecular formula is C17H20N2O4. The lowest BCUT2D eigenvalue weighted by molar-refractivity contribution is -0.136. The Morgan fingerprint density at radius 2 is 1.78 bits per heavy atom. The van der Waals surface area contributed by atoms with Gasteiger partial charge in [0.1, 0.15) is 0 Å². The van der Waals surface area contributed by atoms with Gasteiger partial charge in [0, 0.05) is 19.5 Å². The molecule has 122 valence electrons. The maximum atomic E-state index is 12.4. The molecule has 23 heavy (non-hydrogen) atoms. The van der Waals surface area contributed by atoms with Gasteiger partial charge in [0.15, 0.2) is 0 Å². The van der Waals surface area contributed by atoms with Crippen LogP contribution in [-0.2, 0) is 4.79 Å². The molecule has 3 rings (SSSR count). The summed E-state index contributed by atoms with van der Waals surface area (Å²) in [5.41, 5.74) is 0.169. The molecule has 1 unspecified atom stereocenters. The van der Waals surface area contributed by atoms with E-state index in [-0.39, 0.29) is 30.7 Å². The molecule has 1 saturated heterocycles. The maximum Gasteiger partial charge on any atom is 0.261 e. The van der Waals surface area contributed by atoms with Crippen molar-refractivity contribution in [3.63, 3.8) is 0 Å². The average Bonchev–Trinajstić information content (AvgIpc) is 2.93. The molecule has 1 N–H and O–H groups in total. The summed E-state index contributed by atoms with van der Waals surface area (Å²) in [5, 5.41) is 9.95. The van der Waals surface area contributed by atoms with Gasteiger partial charge in [0.05, 0.1) is 22.8 Å². The number of carbonyl (C=O) groups excluding carboxylic acids is 3. The van der Waals surface area contributed by atoms with E-state index in [0.29, 0.717) is 24.1 Å². The first-order valence-electron chi connectivity index (χ1n) is 7.78. The highest BCUT2D eigenvalue weighted by Gasteiger charge is 2.43. The molecule has 0 saturated carbocycles. The molecule has 2 aliphatic rings. The van der Waals surface area contributed by atoms with Crippen molar-refractivity contribution in [2.75, 3.05) is 13.1 Å². The third-order valence-corrected chi connectivity index (χ3v) is 4.87. The Bertz CT molecular complexity index is 648. The largest absolute Gasteiger partial charge is 0.391 e. The molecule has 1 aromatic rings. The van der Waals surface area contributed by atoms with Crippen LogP contribution in [-0.4, -0.2) is 57.4 Å². The summed E-state index contributed by atoms with van der Waals surface area (Å²) in [7, 11) is 0. The van der Waals surface area contributed by atoms with E-state index in [1.807, 2.05) is 13.8 Å². The number of aliphatic hydroxyl groups excluding tert-OH is 1. The van der Waals surface area contributed by atoms with Gasteiger partial charge in [-0.1, -0.05) is 12.1 Å². The van der Waals surface area contributed by atoms with Gasteiger partial charge in [0.2, 0.25) is 5.91 Å². The highest BCUT2D eigenvalue weighted by Crippen LogP contribution is 2.30. The molecule has 0 aliphatic carbocycles. The summed E-state index contributed by atoms with van der Waals surface area (Å²) in [5.74, 6) is -0.846. The van der Waals surface area contributed by atoms with E-state index < -0.39 is 11.6 Å². The monoisotopic (exact) mass is 316 g/mol. The number of aliphatic hydroxyl groups is 1. The average molecular weight is 316 g/mol. The number of rotatable bonds is 3. The topological polar surface area (TPSA) is 77.9 Å². The van der Waals surface area contributed by atoms with Crippen molar-refractivity contribution < 1.29 is 19.5 Å². The lowest BCUT2D eigenvalue weighted by Crippen LogP contribution is -2.48. The molecule has 0 radical (unpaired) electrons. The molecule has 6 heteroatoms. The molecule has 2 heterocycles. The first-order valence-corrected chi connectivity index (χ1v) is 7.78. The predicted octanol–water partition coefficient (Wildman–Crippen LogP) is 1.04. The van der Waals surface area contributed by atoms with Gasteiger partial charge in [-0.25, -0.2) is 0 Å². The minimum absolute atomic E-state index is 0.0633. The summed E-state index contributed by atoms with van der Waals surface area (Å²) < 4.78 is 0. The Labute approximate surface area is 134 Å². The van der Waals surface area contributed by atoms with Crippen molar-refractivity contribution in [2.24, 2.45) is 0 Å². The Morgan fingerprint density at radius 1 is 1.22 bits per heavy atom. The standard InChI is InChI=1S/C17H20N2O4/c1-17(2)13(20)7-10-19(17)14(21)8-9-18-15(22)11-5-3-4-6-12(11)16(18)23/h3-6,13,20H,7-10H2,1-2H3. The summed E-state index contributed by atoms with van der Waals surface area (Å²) in [6, 6.07) is 6.67. The number of imide groups is 1. The molecule has 1 atom stereocenters. The lowest BCUT2D eigenvalue weighted by atomic mass is 9.98. The van der Waals surface area contributed by atoms with E-state index >= 15 is 0 Å². The second-order valence-corrected chi connectivity index (χ2v) is 6.56. The number of amides is 3. The number of hydrogen-bond donors (Lipinski definition) is 1. The van der Waals surface area contributed by atoms with Crippen LogP contribution in [0.25, 0.3) is 0 Å². The van der Waals surface area contributed by atoms with Crippen molar-refractivity contribution in [3.8, 4) is 0 Å². The van der Waals surface area contributed by atoms with Crippen LogP contribution in [0, 0.1) is 0 Å². The number of nitrogens with zero attached hydrogens (tertiary/aromatic N) is 2. The summed E-state index contributed by atoms with van der Waals surface area (Å²) in [6.45, 7) is 4.21. The molecule has 0 bridgehead atoms. The van der Waals surface area contributed by atoms with Crippen molar-refractivity contribution in [1.29, 1.82) is 0 Å². The second-order valence-electron chi connectivity index (χ2n) is 6.56. The Balaban J connectivity index is 1.67. The molecular weight excluding hydrogens is 296 g/mol. The van der Waals surface area contributed by atoms with Crippen molar-refractivity contribution >= 4 is 17.7 Å². The minimum atomic E-state index is -0.612. The van der Waals surface area contributed by atoms with E-state index in [1.165, 1.54) is 0 Å². The molecule has 6 nitrogen and oxygen atoms in total. The van der Waals surface area contributed by atoms with Crippen LogP contribution < -0.4 is 0 Å². The fraction of sp³-hybridized carbons (Fsp3) is 0.471. The van der Waals surface area contributed by atoms with E-state index in [4.69, 9.17) is 0 Å². The summed E-state index contributed by atoms with van der Waals surface area (Å²) in [4.78, 5) is 39.7. The van der Waals surface area contributed by atoms with Gasteiger partial charge in [-0.3, -0.25) is 19.3 Å². The Kier molecular flexibility index (Phi) is 3.72. The van der Waals surface area contributed by atoms with Crippen LogP contribution >= 0.6 is 0 Å². The number of carbonyl (C=O) groups is 3. The van der Waals surface area contributed by atoms with Gasteiger partial charge in [-0.2, -0.15) is 0 Å². The molecule has 3 amide bonds. The summed E-state index contributed by atoms with van der Waals surface area (Å²) in [6.07, 6.45) is 0.0682. The van der Waals surface area contributed by atoms with Crippen molar-refractivity contribution in [2.45, 2.75) is 38.3 Å². The third kappa shape index (κ3) is 2.43. The highest BCUT2D eigenvalue weighted by molar-refractivity contribution is 6.21. The fourth-order valence-electron chi connectivity index (χ4n) is 3.30. The minimum Gasteiger partial charge on any atom is -0.391 e. The first kappa shape index (κ1) is 15.7. The van der Waals surface area contributed by atoms with Crippen LogP contribution in [0.5, 0.6) is 0 Å². The van der Waals surface area contributed by atoms with Crippen LogP contribution in [0.4, 0.5) is 0 Å². The molecule has 1 fully saturated rings. The van der Waals surface area contributed by atoms with Gasteiger partial charge in [0.25, 0.3) is 11.8 Å². The highest BCUT2D eigenvalue weighted by atomic mass is 16.3. The lowest BCUT2D eigenvalue weighted by Gasteiger charge is -2.34. The zero-order chi connectivity index (χ0) is 16.8. The van der Waals surface area contributed by atoms with E-state index in [9.17, 15) is 19.5 Å². The van der Waals surface area contributed by atoms with Crippen LogP contribution in [0.1, 0.15) is 47.4 Å².